The molecule has 1 fully saturated rings. The van der Waals surface area contributed by atoms with Crippen LogP contribution in [0.3, 0.4) is 0 Å². The van der Waals surface area contributed by atoms with Crippen molar-refractivity contribution in [3.63, 3.8) is 0 Å². The van der Waals surface area contributed by atoms with Gasteiger partial charge in [0.25, 0.3) is 0 Å². The van der Waals surface area contributed by atoms with Crippen LogP contribution >= 0.6 is 23.2 Å². The number of halogens is 2. The molecule has 2 atom stereocenters. The van der Waals surface area contributed by atoms with Crippen LogP contribution in [0.1, 0.15) is 47.1 Å². The lowest BCUT2D eigenvalue weighted by Gasteiger charge is -2.33. The molecular formula is C37H37Cl2N3O7. The molecule has 5 rings (SSSR count). The Morgan fingerprint density at radius 2 is 1.78 bits per heavy atom. The lowest BCUT2D eigenvalue weighted by atomic mass is 9.96. The van der Waals surface area contributed by atoms with Crippen LogP contribution in [0.15, 0.2) is 67.0 Å². The van der Waals surface area contributed by atoms with E-state index in [2.05, 4.69) is 11.1 Å². The lowest BCUT2D eigenvalue weighted by Crippen LogP contribution is -2.44. The Morgan fingerprint density at radius 1 is 1.00 bits per heavy atom. The Kier molecular flexibility index (Phi) is 12.3. The summed E-state index contributed by atoms with van der Waals surface area (Å²) in [5, 5.41) is 38.7. The zero-order chi connectivity index (χ0) is 34.9. The minimum absolute atomic E-state index is 0.0981. The van der Waals surface area contributed by atoms with Crippen molar-refractivity contribution in [2.24, 2.45) is 0 Å². The normalized spacial score (nSPS) is 15.3. The first-order valence-corrected chi connectivity index (χ1v) is 16.6. The van der Waals surface area contributed by atoms with Gasteiger partial charge in [-0.1, -0.05) is 60.0 Å². The smallest absolute Gasteiger partial charge is 0.320 e. The number of carboxylic acids is 1. The van der Waals surface area contributed by atoms with Crippen LogP contribution in [0, 0.1) is 18.3 Å². The minimum Gasteiger partial charge on any atom is -0.489 e. The Morgan fingerprint density at radius 3 is 2.55 bits per heavy atom. The summed E-state index contributed by atoms with van der Waals surface area (Å²) in [6.07, 6.45) is 4.41. The van der Waals surface area contributed by atoms with Crippen molar-refractivity contribution in [2.75, 3.05) is 19.8 Å². The molecule has 0 saturated carbocycles. The first-order chi connectivity index (χ1) is 23.7. The van der Waals surface area contributed by atoms with Crippen molar-refractivity contribution in [1.82, 2.24) is 9.88 Å². The van der Waals surface area contributed by atoms with Gasteiger partial charge in [0.15, 0.2) is 0 Å². The fraction of sp³-hybridized carbons (Fsp3) is 0.324. The van der Waals surface area contributed by atoms with E-state index in [0.717, 1.165) is 40.7 Å². The van der Waals surface area contributed by atoms with Crippen molar-refractivity contribution in [3.05, 3.63) is 105 Å². The third-order valence-electron chi connectivity index (χ3n) is 8.43. The molecule has 3 N–H and O–H groups in total. The highest BCUT2D eigenvalue weighted by Gasteiger charge is 2.29. The largest absolute Gasteiger partial charge is 0.489 e. The van der Waals surface area contributed by atoms with Gasteiger partial charge in [-0.15, -0.1) is 0 Å². The summed E-state index contributed by atoms with van der Waals surface area (Å²) in [5.74, 6) is 0.406. The Bertz CT molecular complexity index is 1830. The maximum atomic E-state index is 12.0. The molecule has 1 saturated heterocycles. The van der Waals surface area contributed by atoms with Crippen LogP contribution in [0.5, 0.6) is 17.2 Å². The van der Waals surface area contributed by atoms with Crippen LogP contribution in [0.25, 0.3) is 11.1 Å². The van der Waals surface area contributed by atoms with Crippen molar-refractivity contribution in [1.29, 1.82) is 5.26 Å². The first kappa shape index (κ1) is 35.9. The van der Waals surface area contributed by atoms with E-state index in [1.54, 1.807) is 30.5 Å². The van der Waals surface area contributed by atoms with Gasteiger partial charge in [-0.25, -0.2) is 0 Å². The topological polar surface area (TPSA) is 145 Å². The summed E-state index contributed by atoms with van der Waals surface area (Å²) in [4.78, 5) is 18.1. The highest BCUT2D eigenvalue weighted by atomic mass is 35.5. The number of nitrogens with zero attached hydrogens (tertiary/aromatic N) is 3. The average molecular weight is 707 g/mol. The number of likely N-dealkylation sites (tertiary alicyclic amines) is 1. The Balaban J connectivity index is 1.40. The number of rotatable bonds is 14. The van der Waals surface area contributed by atoms with Gasteiger partial charge in [-0.05, 0) is 61.2 Å². The second kappa shape index (κ2) is 16.8. The molecule has 0 amide bonds. The number of nitriles is 1. The molecule has 0 radical (unpaired) electrons. The molecule has 2 heterocycles. The van der Waals surface area contributed by atoms with E-state index in [1.165, 1.54) is 6.20 Å². The quantitative estimate of drug-likeness (QED) is 0.132. The Hall–Kier alpha value is -4.37. The number of aromatic nitrogens is 1. The standard InChI is InChI=1S/C37H37Cl2N3O7/c1-23-26(6-4-7-29(23)30-8-5-10-33(36(30)39)49-22-28(44)19-43)21-48-35-14-34(47-20-25-12-24(15-40)16-41-17-25)27(13-31(35)38)18-42-11-3-2-9-32(42)37(45)46/h4-8,10,12-14,16-17,28,32,43-44H,2-3,9,11,18-22H2,1H3,(H,45,46)/t28?,32-/m0/s1. The molecule has 4 aromatic rings. The van der Waals surface area contributed by atoms with Crippen LogP contribution in [-0.4, -0.2) is 63.1 Å². The van der Waals surface area contributed by atoms with Crippen LogP contribution < -0.4 is 14.2 Å². The number of pyridine rings is 1. The number of carboxylic acid groups (broad SMARTS) is 1. The zero-order valence-electron chi connectivity index (χ0n) is 26.9. The molecular weight excluding hydrogens is 669 g/mol. The summed E-state index contributed by atoms with van der Waals surface area (Å²) in [7, 11) is 0. The SMILES string of the molecule is Cc1c(COc2cc(OCc3cncc(C#N)c3)c(CN3CCCC[C@H]3C(=O)O)cc2Cl)cccc1-c1cccc(OCC(O)CO)c1Cl. The molecule has 1 aliphatic heterocycles. The highest BCUT2D eigenvalue weighted by molar-refractivity contribution is 6.35. The average Bonchev–Trinajstić information content (AvgIpc) is 3.11. The molecule has 1 aliphatic rings. The van der Waals surface area contributed by atoms with E-state index in [-0.39, 0.29) is 19.8 Å². The molecule has 12 heteroatoms. The number of ether oxygens (including phenoxy) is 3. The van der Waals surface area contributed by atoms with E-state index in [1.807, 2.05) is 42.2 Å². The third kappa shape index (κ3) is 9.01. The van der Waals surface area contributed by atoms with Gasteiger partial charge >= 0.3 is 5.97 Å². The number of hydrogen-bond acceptors (Lipinski definition) is 9. The number of hydrogen-bond donors (Lipinski definition) is 3. The predicted octanol–water partition coefficient (Wildman–Crippen LogP) is 6.56. The summed E-state index contributed by atoms with van der Waals surface area (Å²) >= 11 is 13.5. The predicted molar refractivity (Wildman–Crippen MR) is 185 cm³/mol. The van der Waals surface area contributed by atoms with Gasteiger partial charge in [0.1, 0.15) is 55.3 Å². The molecule has 1 aromatic heterocycles. The summed E-state index contributed by atoms with van der Waals surface area (Å²) in [6, 6.07) is 17.8. The van der Waals surface area contributed by atoms with E-state index >= 15 is 0 Å². The van der Waals surface area contributed by atoms with Gasteiger partial charge in [0, 0.05) is 41.7 Å². The van der Waals surface area contributed by atoms with Crippen LogP contribution in [0.4, 0.5) is 0 Å². The summed E-state index contributed by atoms with van der Waals surface area (Å²) in [6.45, 7) is 2.72. The van der Waals surface area contributed by atoms with Crippen molar-refractivity contribution >= 4 is 29.2 Å². The maximum Gasteiger partial charge on any atom is 0.320 e. The molecule has 10 nitrogen and oxygen atoms in total. The van der Waals surface area contributed by atoms with E-state index < -0.39 is 24.7 Å². The fourth-order valence-electron chi connectivity index (χ4n) is 5.77. The second-order valence-electron chi connectivity index (χ2n) is 11.8. The molecule has 3 aromatic carbocycles. The molecule has 0 spiro atoms. The number of carbonyl (C=O) groups is 1. The third-order valence-corrected chi connectivity index (χ3v) is 9.12. The number of aliphatic hydroxyl groups is 2. The molecule has 256 valence electrons. The summed E-state index contributed by atoms with van der Waals surface area (Å²) < 4.78 is 18.2. The molecule has 49 heavy (non-hydrogen) atoms. The first-order valence-electron chi connectivity index (χ1n) is 15.9. The van der Waals surface area contributed by atoms with Gasteiger partial charge in [0.05, 0.1) is 22.2 Å². The number of aliphatic carboxylic acids is 1. The summed E-state index contributed by atoms with van der Waals surface area (Å²) in [5.41, 5.74) is 5.25. The van der Waals surface area contributed by atoms with Crippen molar-refractivity contribution < 1.29 is 34.3 Å². The zero-order valence-corrected chi connectivity index (χ0v) is 28.5. The second-order valence-corrected chi connectivity index (χ2v) is 12.6. The van der Waals surface area contributed by atoms with Crippen LogP contribution in [-0.2, 0) is 24.6 Å². The van der Waals surface area contributed by atoms with Crippen LogP contribution in [0.2, 0.25) is 10.0 Å². The Labute approximate surface area is 295 Å². The number of benzene rings is 3. The molecule has 1 unspecified atom stereocenters. The lowest BCUT2D eigenvalue weighted by molar-refractivity contribution is -0.144. The van der Waals surface area contributed by atoms with Gasteiger partial charge in [-0.2, -0.15) is 5.26 Å². The van der Waals surface area contributed by atoms with E-state index in [0.29, 0.717) is 57.9 Å². The van der Waals surface area contributed by atoms with Gasteiger partial charge < -0.3 is 29.5 Å². The minimum atomic E-state index is -1.02. The van der Waals surface area contributed by atoms with Gasteiger partial charge in [0.2, 0.25) is 0 Å². The fourth-order valence-corrected chi connectivity index (χ4v) is 6.29. The maximum absolute atomic E-state index is 12.0. The monoisotopic (exact) mass is 705 g/mol. The van der Waals surface area contributed by atoms with Crippen molar-refractivity contribution in [3.8, 4) is 34.4 Å². The van der Waals surface area contributed by atoms with E-state index in [9.17, 15) is 20.3 Å². The number of piperidine rings is 1. The van der Waals surface area contributed by atoms with E-state index in [4.69, 9.17) is 42.5 Å². The number of aliphatic hydroxyl groups excluding tert-OH is 2. The van der Waals surface area contributed by atoms with Crippen molar-refractivity contribution in [2.45, 2.75) is 58.1 Å². The molecule has 0 aliphatic carbocycles. The van der Waals surface area contributed by atoms with Gasteiger partial charge in [-0.3, -0.25) is 14.7 Å². The highest BCUT2D eigenvalue weighted by Crippen LogP contribution is 2.39. The molecule has 0 bridgehead atoms.